The Morgan fingerprint density at radius 2 is 2.00 bits per heavy atom. The van der Waals surface area contributed by atoms with Crippen molar-refractivity contribution < 1.29 is 4.79 Å². The molecule has 1 aromatic rings. The lowest BCUT2D eigenvalue weighted by Gasteiger charge is -2.34. The van der Waals surface area contributed by atoms with Crippen LogP contribution in [-0.2, 0) is 17.8 Å². The molecule has 1 saturated heterocycles. The van der Waals surface area contributed by atoms with E-state index >= 15 is 0 Å². The molecule has 1 unspecified atom stereocenters. The average molecular weight is 244 g/mol. The predicted molar refractivity (Wildman–Crippen MR) is 71.2 cm³/mol. The first-order chi connectivity index (χ1) is 8.84. The van der Waals surface area contributed by atoms with Crippen LogP contribution in [0.25, 0.3) is 0 Å². The Kier molecular flexibility index (Phi) is 3.33. The first-order valence-corrected chi connectivity index (χ1v) is 6.93. The minimum absolute atomic E-state index is 0.0841. The van der Waals surface area contributed by atoms with Crippen LogP contribution in [-0.4, -0.2) is 29.9 Å². The molecule has 2 aliphatic heterocycles. The molecule has 1 N–H and O–H groups in total. The van der Waals surface area contributed by atoms with Crippen molar-refractivity contribution >= 4 is 5.91 Å². The Morgan fingerprint density at radius 1 is 1.17 bits per heavy atom. The van der Waals surface area contributed by atoms with Gasteiger partial charge in [0.1, 0.15) is 0 Å². The molecule has 3 nitrogen and oxygen atoms in total. The topological polar surface area (TPSA) is 32.3 Å². The molecule has 0 aliphatic carbocycles. The van der Waals surface area contributed by atoms with Gasteiger partial charge in [-0.2, -0.15) is 0 Å². The van der Waals surface area contributed by atoms with Gasteiger partial charge in [0.25, 0.3) is 0 Å². The van der Waals surface area contributed by atoms with Gasteiger partial charge in [0, 0.05) is 19.6 Å². The van der Waals surface area contributed by atoms with Crippen molar-refractivity contribution in [2.75, 3.05) is 13.1 Å². The van der Waals surface area contributed by atoms with Crippen molar-refractivity contribution in [1.29, 1.82) is 0 Å². The van der Waals surface area contributed by atoms with Gasteiger partial charge in [0.05, 0.1) is 6.04 Å². The molecule has 0 saturated carbocycles. The van der Waals surface area contributed by atoms with E-state index in [-0.39, 0.29) is 11.9 Å². The van der Waals surface area contributed by atoms with Crippen molar-refractivity contribution in [3.05, 3.63) is 35.4 Å². The zero-order valence-corrected chi connectivity index (χ0v) is 10.7. The number of amides is 1. The zero-order valence-electron chi connectivity index (χ0n) is 10.7. The summed E-state index contributed by atoms with van der Waals surface area (Å²) < 4.78 is 0. The molecule has 0 bridgehead atoms. The fourth-order valence-corrected chi connectivity index (χ4v) is 3.06. The molecular weight excluding hydrogens is 224 g/mol. The highest BCUT2D eigenvalue weighted by Gasteiger charge is 2.29. The maximum atomic E-state index is 12.1. The van der Waals surface area contributed by atoms with Crippen LogP contribution in [0.5, 0.6) is 0 Å². The molecule has 1 amide bonds. The smallest absolute Gasteiger partial charge is 0.237 e. The molecule has 0 radical (unpaired) electrons. The van der Waals surface area contributed by atoms with Gasteiger partial charge in [-0.05, 0) is 36.8 Å². The molecule has 96 valence electrons. The van der Waals surface area contributed by atoms with Gasteiger partial charge in [-0.3, -0.25) is 9.69 Å². The number of carbonyl (C=O) groups is 1. The summed E-state index contributed by atoms with van der Waals surface area (Å²) in [5, 5.41) is 3.04. The van der Waals surface area contributed by atoms with Crippen molar-refractivity contribution in [2.24, 2.45) is 0 Å². The lowest BCUT2D eigenvalue weighted by atomic mass is 9.97. The summed E-state index contributed by atoms with van der Waals surface area (Å²) in [6, 6.07) is 8.68. The predicted octanol–water partition coefficient (Wildman–Crippen LogP) is 1.71. The monoisotopic (exact) mass is 244 g/mol. The Hall–Kier alpha value is -1.35. The third-order valence-electron chi connectivity index (χ3n) is 4.11. The quantitative estimate of drug-likeness (QED) is 0.815. The van der Waals surface area contributed by atoms with Crippen molar-refractivity contribution in [2.45, 2.75) is 38.3 Å². The van der Waals surface area contributed by atoms with Gasteiger partial charge in [-0.25, -0.2) is 0 Å². The van der Waals surface area contributed by atoms with Crippen LogP contribution in [0.4, 0.5) is 0 Å². The van der Waals surface area contributed by atoms with Gasteiger partial charge in [-0.1, -0.05) is 24.3 Å². The lowest BCUT2D eigenvalue weighted by Crippen LogP contribution is -2.47. The van der Waals surface area contributed by atoms with Crippen molar-refractivity contribution in [1.82, 2.24) is 10.2 Å². The van der Waals surface area contributed by atoms with Crippen molar-refractivity contribution in [3.8, 4) is 0 Å². The number of hydrogen-bond donors (Lipinski definition) is 1. The number of rotatable bonds is 1. The Bertz CT molecular complexity index is 444. The molecule has 1 fully saturated rings. The Labute approximate surface area is 108 Å². The van der Waals surface area contributed by atoms with Crippen LogP contribution in [0.1, 0.15) is 30.4 Å². The average Bonchev–Trinajstić information content (AvgIpc) is 2.63. The summed E-state index contributed by atoms with van der Waals surface area (Å²) in [6.45, 7) is 2.78. The molecule has 18 heavy (non-hydrogen) atoms. The van der Waals surface area contributed by atoms with Crippen molar-refractivity contribution in [3.63, 3.8) is 0 Å². The van der Waals surface area contributed by atoms with E-state index in [1.54, 1.807) is 0 Å². The summed E-state index contributed by atoms with van der Waals surface area (Å²) in [5.41, 5.74) is 2.84. The molecule has 3 rings (SSSR count). The summed E-state index contributed by atoms with van der Waals surface area (Å²) in [7, 11) is 0. The number of benzene rings is 1. The van der Waals surface area contributed by atoms with E-state index in [9.17, 15) is 4.79 Å². The van der Waals surface area contributed by atoms with Crippen LogP contribution >= 0.6 is 0 Å². The van der Waals surface area contributed by atoms with Gasteiger partial charge < -0.3 is 5.32 Å². The van der Waals surface area contributed by atoms with Crippen LogP contribution in [0.15, 0.2) is 24.3 Å². The Morgan fingerprint density at radius 3 is 2.89 bits per heavy atom. The van der Waals surface area contributed by atoms with E-state index < -0.39 is 0 Å². The number of fused-ring (bicyclic) bond motifs is 1. The number of nitrogens with one attached hydrogen (secondary N) is 1. The van der Waals surface area contributed by atoms with Crippen LogP contribution in [0, 0.1) is 0 Å². The first kappa shape index (κ1) is 11.7. The summed E-state index contributed by atoms with van der Waals surface area (Å²) in [6.07, 6.45) is 4.35. The third kappa shape index (κ3) is 2.27. The number of carbonyl (C=O) groups excluding carboxylic acids is 1. The van der Waals surface area contributed by atoms with Crippen LogP contribution < -0.4 is 5.32 Å². The molecule has 1 aromatic carbocycles. The second-order valence-electron chi connectivity index (χ2n) is 5.29. The summed E-state index contributed by atoms with van der Waals surface area (Å²) >= 11 is 0. The molecule has 3 heteroatoms. The van der Waals surface area contributed by atoms with E-state index in [4.69, 9.17) is 0 Å². The highest BCUT2D eigenvalue weighted by atomic mass is 16.2. The molecular formula is C15H20N2O. The molecule has 0 spiro atoms. The van der Waals surface area contributed by atoms with Gasteiger partial charge >= 0.3 is 0 Å². The van der Waals surface area contributed by atoms with Gasteiger partial charge in [0.15, 0.2) is 0 Å². The summed E-state index contributed by atoms with van der Waals surface area (Å²) in [4.78, 5) is 14.4. The van der Waals surface area contributed by atoms with E-state index in [2.05, 4.69) is 34.5 Å². The largest absolute Gasteiger partial charge is 0.355 e. The fourth-order valence-electron chi connectivity index (χ4n) is 3.06. The molecule has 2 heterocycles. The molecule has 2 aliphatic rings. The maximum absolute atomic E-state index is 12.1. The third-order valence-corrected chi connectivity index (χ3v) is 4.11. The van der Waals surface area contributed by atoms with Gasteiger partial charge in [-0.15, -0.1) is 0 Å². The van der Waals surface area contributed by atoms with Crippen LogP contribution in [0.2, 0.25) is 0 Å². The number of hydrogen-bond acceptors (Lipinski definition) is 2. The Balaban J connectivity index is 1.76. The highest BCUT2D eigenvalue weighted by Crippen LogP contribution is 2.23. The normalized spacial score (nSPS) is 25.1. The zero-order chi connectivity index (χ0) is 12.4. The minimum atomic E-state index is 0.0841. The second kappa shape index (κ2) is 5.11. The van der Waals surface area contributed by atoms with E-state index in [0.29, 0.717) is 0 Å². The highest BCUT2D eigenvalue weighted by molar-refractivity contribution is 5.82. The maximum Gasteiger partial charge on any atom is 0.237 e. The lowest BCUT2D eigenvalue weighted by molar-refractivity contribution is -0.126. The van der Waals surface area contributed by atoms with E-state index in [0.717, 1.165) is 45.3 Å². The first-order valence-electron chi connectivity index (χ1n) is 6.93. The fraction of sp³-hybridized carbons (Fsp3) is 0.533. The summed E-state index contributed by atoms with van der Waals surface area (Å²) in [5.74, 6) is 0.229. The SMILES string of the molecule is O=C1NCCCCC1N1CCc2ccccc2C1. The van der Waals surface area contributed by atoms with Crippen LogP contribution in [0.3, 0.4) is 0 Å². The van der Waals surface area contributed by atoms with E-state index in [1.807, 2.05) is 0 Å². The second-order valence-corrected chi connectivity index (χ2v) is 5.29. The van der Waals surface area contributed by atoms with E-state index in [1.165, 1.54) is 11.1 Å². The molecule has 0 aromatic heterocycles. The number of nitrogens with zero attached hydrogens (tertiary/aromatic N) is 1. The molecule has 1 atom stereocenters. The minimum Gasteiger partial charge on any atom is -0.355 e. The van der Waals surface area contributed by atoms with Gasteiger partial charge in [0.2, 0.25) is 5.91 Å². The standard InChI is InChI=1S/C15H20N2O/c18-15-14(7-3-4-9-16-15)17-10-8-12-5-1-2-6-13(12)11-17/h1-2,5-6,14H,3-4,7-11H2,(H,16,18).